The van der Waals surface area contributed by atoms with E-state index in [1.165, 1.54) is 24.3 Å². The molecule has 4 nitrogen and oxygen atoms in total. The lowest BCUT2D eigenvalue weighted by Crippen LogP contribution is -2.35. The van der Waals surface area contributed by atoms with Crippen LogP contribution in [0, 0.1) is 5.82 Å². The summed E-state index contributed by atoms with van der Waals surface area (Å²) in [6.07, 6.45) is 0.739. The average molecular weight is 238 g/mol. The molecule has 1 aromatic carbocycles. The van der Waals surface area contributed by atoms with Crippen LogP contribution in [0.2, 0.25) is 0 Å². The van der Waals surface area contributed by atoms with E-state index in [4.69, 9.17) is 4.74 Å². The van der Waals surface area contributed by atoms with E-state index in [0.29, 0.717) is 18.7 Å². The largest absolute Gasteiger partial charge is 0.380 e. The monoisotopic (exact) mass is 238 g/mol. The van der Waals surface area contributed by atoms with Gasteiger partial charge >= 0.3 is 0 Å². The predicted molar refractivity (Wildman–Crippen MR) is 62.2 cm³/mol. The Bertz CT molecular complexity index is 394. The normalized spacial score (nSPS) is 23.6. The van der Waals surface area contributed by atoms with E-state index in [-0.39, 0.29) is 23.9 Å². The van der Waals surface area contributed by atoms with Crippen LogP contribution in [0.1, 0.15) is 6.42 Å². The maximum Gasteiger partial charge on any atom is 0.241 e. The highest BCUT2D eigenvalue weighted by atomic mass is 19.1. The number of amides is 1. The van der Waals surface area contributed by atoms with Crippen LogP contribution in [0.25, 0.3) is 0 Å². The number of carbonyl (C=O) groups excluding carboxylic acids is 1. The molecule has 2 unspecified atom stereocenters. The lowest BCUT2D eigenvalue weighted by atomic mass is 10.2. The lowest BCUT2D eigenvalue weighted by Gasteiger charge is -2.11. The molecule has 1 aliphatic heterocycles. The third kappa shape index (κ3) is 3.01. The van der Waals surface area contributed by atoms with Crippen molar-refractivity contribution < 1.29 is 13.9 Å². The molecule has 1 aliphatic rings. The number of ether oxygens (including phenoxy) is 1. The van der Waals surface area contributed by atoms with E-state index >= 15 is 0 Å². The molecule has 0 spiro atoms. The van der Waals surface area contributed by atoms with E-state index in [2.05, 4.69) is 10.6 Å². The van der Waals surface area contributed by atoms with Crippen LogP contribution in [-0.2, 0) is 9.53 Å². The van der Waals surface area contributed by atoms with Crippen molar-refractivity contribution >= 4 is 11.6 Å². The molecule has 1 aromatic rings. The molecule has 0 aliphatic carbocycles. The second kappa shape index (κ2) is 5.25. The minimum absolute atomic E-state index is 0.0824. The van der Waals surface area contributed by atoms with Gasteiger partial charge in [-0.25, -0.2) is 4.39 Å². The van der Waals surface area contributed by atoms with E-state index in [1.54, 1.807) is 7.11 Å². The maximum atomic E-state index is 12.7. The summed E-state index contributed by atoms with van der Waals surface area (Å²) < 4.78 is 17.8. The molecular formula is C12H15FN2O2. The lowest BCUT2D eigenvalue weighted by molar-refractivity contribution is -0.118. The highest BCUT2D eigenvalue weighted by Crippen LogP contribution is 2.13. The van der Waals surface area contributed by atoms with E-state index in [9.17, 15) is 9.18 Å². The van der Waals surface area contributed by atoms with Crippen molar-refractivity contribution in [2.75, 3.05) is 19.0 Å². The van der Waals surface area contributed by atoms with Crippen LogP contribution < -0.4 is 10.6 Å². The zero-order valence-corrected chi connectivity index (χ0v) is 9.57. The molecule has 5 heteroatoms. The van der Waals surface area contributed by atoms with Crippen LogP contribution in [-0.4, -0.2) is 31.7 Å². The van der Waals surface area contributed by atoms with Gasteiger partial charge < -0.3 is 15.4 Å². The Kier molecular flexibility index (Phi) is 3.71. The highest BCUT2D eigenvalue weighted by Gasteiger charge is 2.29. The number of anilines is 1. The molecule has 2 rings (SSSR count). The first-order chi connectivity index (χ1) is 8.19. The van der Waals surface area contributed by atoms with E-state index < -0.39 is 0 Å². The summed E-state index contributed by atoms with van der Waals surface area (Å²) >= 11 is 0. The summed E-state index contributed by atoms with van der Waals surface area (Å²) in [5.74, 6) is -0.433. The summed E-state index contributed by atoms with van der Waals surface area (Å²) in [5, 5.41) is 5.81. The van der Waals surface area contributed by atoms with Gasteiger partial charge in [0.1, 0.15) is 5.82 Å². The summed E-state index contributed by atoms with van der Waals surface area (Å²) in [6.45, 7) is 0.679. The van der Waals surface area contributed by atoms with Crippen LogP contribution in [0.5, 0.6) is 0 Å². The third-order valence-corrected chi connectivity index (χ3v) is 2.85. The van der Waals surface area contributed by atoms with E-state index in [1.807, 2.05) is 0 Å². The van der Waals surface area contributed by atoms with Gasteiger partial charge in [-0.15, -0.1) is 0 Å². The second-order valence-electron chi connectivity index (χ2n) is 4.05. The molecule has 0 aromatic heterocycles. The first-order valence-electron chi connectivity index (χ1n) is 5.51. The van der Waals surface area contributed by atoms with Gasteiger partial charge in [-0.1, -0.05) is 0 Å². The van der Waals surface area contributed by atoms with Crippen LogP contribution in [0.4, 0.5) is 10.1 Å². The van der Waals surface area contributed by atoms with Crippen molar-refractivity contribution in [2.45, 2.75) is 18.6 Å². The van der Waals surface area contributed by atoms with Crippen molar-refractivity contribution in [2.24, 2.45) is 0 Å². The number of carbonyl (C=O) groups is 1. The Morgan fingerprint density at radius 3 is 2.76 bits per heavy atom. The van der Waals surface area contributed by atoms with Gasteiger partial charge in [0.2, 0.25) is 5.91 Å². The first kappa shape index (κ1) is 12.0. The quantitative estimate of drug-likeness (QED) is 0.830. The van der Waals surface area contributed by atoms with Crippen molar-refractivity contribution in [3.63, 3.8) is 0 Å². The Morgan fingerprint density at radius 1 is 1.47 bits per heavy atom. The summed E-state index contributed by atoms with van der Waals surface area (Å²) in [7, 11) is 1.63. The molecule has 2 atom stereocenters. The van der Waals surface area contributed by atoms with Gasteiger partial charge in [-0.2, -0.15) is 0 Å². The van der Waals surface area contributed by atoms with Crippen LogP contribution >= 0.6 is 0 Å². The van der Waals surface area contributed by atoms with Gasteiger partial charge in [0.15, 0.2) is 0 Å². The molecule has 0 bridgehead atoms. The van der Waals surface area contributed by atoms with Gasteiger partial charge in [0.05, 0.1) is 12.1 Å². The van der Waals surface area contributed by atoms with Gasteiger partial charge in [-0.05, 0) is 30.7 Å². The van der Waals surface area contributed by atoms with Crippen molar-refractivity contribution in [3.05, 3.63) is 30.1 Å². The zero-order chi connectivity index (χ0) is 12.3. The number of methoxy groups -OCH3 is 1. The van der Waals surface area contributed by atoms with Crippen molar-refractivity contribution in [1.29, 1.82) is 0 Å². The third-order valence-electron chi connectivity index (χ3n) is 2.85. The standard InChI is InChI=1S/C12H15FN2O2/c1-17-10-6-11(14-7-10)12(16)15-9-4-2-8(13)3-5-9/h2-5,10-11,14H,6-7H2,1H3,(H,15,16). The maximum absolute atomic E-state index is 12.7. The fraction of sp³-hybridized carbons (Fsp3) is 0.417. The van der Waals surface area contributed by atoms with Gasteiger partial charge in [0.25, 0.3) is 0 Å². The summed E-state index contributed by atoms with van der Waals surface area (Å²) in [4.78, 5) is 11.8. The Labute approximate surface area is 99.2 Å². The molecule has 17 heavy (non-hydrogen) atoms. The summed E-state index contributed by atoms with van der Waals surface area (Å²) in [5.41, 5.74) is 0.596. The molecular weight excluding hydrogens is 223 g/mol. The van der Waals surface area contributed by atoms with Gasteiger partial charge in [0, 0.05) is 19.3 Å². The molecule has 2 N–H and O–H groups in total. The van der Waals surface area contributed by atoms with Gasteiger partial charge in [-0.3, -0.25) is 4.79 Å². The number of rotatable bonds is 3. The van der Waals surface area contributed by atoms with Crippen LogP contribution in [0.15, 0.2) is 24.3 Å². The smallest absolute Gasteiger partial charge is 0.241 e. The minimum atomic E-state index is -0.318. The minimum Gasteiger partial charge on any atom is -0.380 e. The molecule has 1 saturated heterocycles. The highest BCUT2D eigenvalue weighted by molar-refractivity contribution is 5.95. The molecule has 0 radical (unpaired) electrons. The fourth-order valence-electron chi connectivity index (χ4n) is 1.85. The first-order valence-corrected chi connectivity index (χ1v) is 5.51. The summed E-state index contributed by atoms with van der Waals surface area (Å²) in [6, 6.07) is 5.46. The molecule has 92 valence electrons. The number of benzene rings is 1. The van der Waals surface area contributed by atoms with Crippen molar-refractivity contribution in [1.82, 2.24) is 5.32 Å². The Balaban J connectivity index is 1.91. The molecule has 1 amide bonds. The Morgan fingerprint density at radius 2 is 2.18 bits per heavy atom. The average Bonchev–Trinajstić information content (AvgIpc) is 2.81. The van der Waals surface area contributed by atoms with E-state index in [0.717, 1.165) is 0 Å². The van der Waals surface area contributed by atoms with Crippen LogP contribution in [0.3, 0.4) is 0 Å². The number of nitrogens with one attached hydrogen (secondary N) is 2. The second-order valence-corrected chi connectivity index (χ2v) is 4.05. The fourth-order valence-corrected chi connectivity index (χ4v) is 1.85. The number of hydrogen-bond donors (Lipinski definition) is 2. The molecule has 1 fully saturated rings. The SMILES string of the molecule is COC1CNC(C(=O)Nc2ccc(F)cc2)C1. The number of halogens is 1. The zero-order valence-electron chi connectivity index (χ0n) is 9.57. The Hall–Kier alpha value is -1.46. The topological polar surface area (TPSA) is 50.4 Å². The molecule has 1 heterocycles. The number of hydrogen-bond acceptors (Lipinski definition) is 3. The predicted octanol–water partition coefficient (Wildman–Crippen LogP) is 1.14. The molecule has 0 saturated carbocycles. The van der Waals surface area contributed by atoms with Crippen molar-refractivity contribution in [3.8, 4) is 0 Å².